The Balaban J connectivity index is 1.85. The molecule has 0 aromatic heterocycles. The SMILES string of the molecule is O[C@@H]1CO[C@@H](O)C[C@@H]1OCc1ccccc1. The van der Waals surface area contributed by atoms with Crippen molar-refractivity contribution in [3.63, 3.8) is 0 Å². The molecule has 1 saturated heterocycles. The van der Waals surface area contributed by atoms with Gasteiger partial charge in [0.05, 0.1) is 19.3 Å². The first-order valence-electron chi connectivity index (χ1n) is 5.39. The maximum atomic E-state index is 9.60. The van der Waals surface area contributed by atoms with Crippen LogP contribution in [0.4, 0.5) is 0 Å². The Hall–Kier alpha value is -0.940. The molecule has 2 N–H and O–H groups in total. The smallest absolute Gasteiger partial charge is 0.157 e. The van der Waals surface area contributed by atoms with E-state index in [2.05, 4.69) is 0 Å². The number of aliphatic hydroxyl groups is 2. The van der Waals surface area contributed by atoms with Gasteiger partial charge in [0.1, 0.15) is 6.10 Å². The first-order chi connectivity index (χ1) is 7.75. The van der Waals surface area contributed by atoms with Crippen LogP contribution in [0.1, 0.15) is 12.0 Å². The molecule has 0 amide bonds. The Labute approximate surface area is 94.4 Å². The second-order valence-electron chi connectivity index (χ2n) is 3.93. The van der Waals surface area contributed by atoms with Gasteiger partial charge in [-0.2, -0.15) is 0 Å². The van der Waals surface area contributed by atoms with Crippen molar-refractivity contribution >= 4 is 0 Å². The van der Waals surface area contributed by atoms with Crippen LogP contribution in [0.25, 0.3) is 0 Å². The second-order valence-corrected chi connectivity index (χ2v) is 3.93. The van der Waals surface area contributed by atoms with Crippen molar-refractivity contribution in [1.29, 1.82) is 0 Å². The minimum Gasteiger partial charge on any atom is -0.388 e. The van der Waals surface area contributed by atoms with Gasteiger partial charge in [0, 0.05) is 6.42 Å². The van der Waals surface area contributed by atoms with E-state index in [1.807, 2.05) is 30.3 Å². The minimum atomic E-state index is -0.829. The zero-order valence-electron chi connectivity index (χ0n) is 8.95. The zero-order chi connectivity index (χ0) is 11.4. The van der Waals surface area contributed by atoms with Gasteiger partial charge in [-0.25, -0.2) is 0 Å². The second kappa shape index (κ2) is 5.41. The van der Waals surface area contributed by atoms with Gasteiger partial charge in [-0.15, -0.1) is 0 Å². The summed E-state index contributed by atoms with van der Waals surface area (Å²) in [7, 11) is 0. The van der Waals surface area contributed by atoms with E-state index >= 15 is 0 Å². The summed E-state index contributed by atoms with van der Waals surface area (Å²) in [6.07, 6.45) is -1.53. The fourth-order valence-electron chi connectivity index (χ4n) is 1.70. The van der Waals surface area contributed by atoms with E-state index < -0.39 is 12.4 Å². The average Bonchev–Trinajstić information content (AvgIpc) is 2.32. The molecule has 1 fully saturated rings. The topological polar surface area (TPSA) is 58.9 Å². The quantitative estimate of drug-likeness (QED) is 0.792. The summed E-state index contributed by atoms with van der Waals surface area (Å²) in [5.74, 6) is 0. The van der Waals surface area contributed by atoms with Gasteiger partial charge in [-0.1, -0.05) is 30.3 Å². The van der Waals surface area contributed by atoms with Crippen molar-refractivity contribution in [3.05, 3.63) is 35.9 Å². The van der Waals surface area contributed by atoms with E-state index in [-0.39, 0.29) is 12.7 Å². The van der Waals surface area contributed by atoms with Crippen LogP contribution in [-0.4, -0.2) is 35.3 Å². The highest BCUT2D eigenvalue weighted by Crippen LogP contribution is 2.17. The lowest BCUT2D eigenvalue weighted by atomic mass is 10.1. The molecule has 16 heavy (non-hydrogen) atoms. The van der Waals surface area contributed by atoms with E-state index in [0.717, 1.165) is 5.56 Å². The third-order valence-corrected chi connectivity index (χ3v) is 2.63. The van der Waals surface area contributed by atoms with E-state index in [9.17, 15) is 10.2 Å². The standard InChI is InChI=1S/C12H16O4/c13-10-8-16-12(14)6-11(10)15-7-9-4-2-1-3-5-9/h1-5,10-14H,6-8H2/t10-,11+,12-/m1/s1. The Morgan fingerprint density at radius 1 is 1.25 bits per heavy atom. The van der Waals surface area contributed by atoms with Gasteiger partial charge in [0.25, 0.3) is 0 Å². The van der Waals surface area contributed by atoms with Gasteiger partial charge in [-0.05, 0) is 5.56 Å². The maximum Gasteiger partial charge on any atom is 0.157 e. The molecule has 0 radical (unpaired) electrons. The Kier molecular flexibility index (Phi) is 3.90. The van der Waals surface area contributed by atoms with Crippen molar-refractivity contribution in [2.75, 3.05) is 6.61 Å². The summed E-state index contributed by atoms with van der Waals surface area (Å²) >= 11 is 0. The summed E-state index contributed by atoms with van der Waals surface area (Å²) in [5, 5.41) is 18.9. The Morgan fingerprint density at radius 2 is 2.00 bits per heavy atom. The number of benzene rings is 1. The molecule has 1 aliphatic heterocycles. The molecule has 0 spiro atoms. The molecule has 88 valence electrons. The molecule has 0 bridgehead atoms. The van der Waals surface area contributed by atoms with Crippen LogP contribution in [0.3, 0.4) is 0 Å². The van der Waals surface area contributed by atoms with Crippen molar-refractivity contribution < 1.29 is 19.7 Å². The van der Waals surface area contributed by atoms with Crippen LogP contribution in [0.2, 0.25) is 0 Å². The molecule has 1 aliphatic rings. The molecule has 2 rings (SSSR count). The molecule has 0 saturated carbocycles. The number of ether oxygens (including phenoxy) is 2. The summed E-state index contributed by atoms with van der Waals surface area (Å²) < 4.78 is 10.5. The van der Waals surface area contributed by atoms with E-state index in [1.165, 1.54) is 0 Å². The van der Waals surface area contributed by atoms with Crippen LogP contribution in [0, 0.1) is 0 Å². The highest BCUT2D eigenvalue weighted by atomic mass is 16.6. The van der Waals surface area contributed by atoms with Gasteiger partial charge >= 0.3 is 0 Å². The number of rotatable bonds is 3. The normalized spacial score (nSPS) is 30.2. The molecule has 0 aliphatic carbocycles. The predicted molar refractivity (Wildman–Crippen MR) is 57.6 cm³/mol. The Bertz CT molecular complexity index is 314. The monoisotopic (exact) mass is 224 g/mol. The van der Waals surface area contributed by atoms with Crippen molar-refractivity contribution in [2.45, 2.75) is 31.5 Å². The van der Waals surface area contributed by atoms with E-state index in [4.69, 9.17) is 9.47 Å². The lowest BCUT2D eigenvalue weighted by molar-refractivity contribution is -0.207. The highest BCUT2D eigenvalue weighted by Gasteiger charge is 2.29. The molecule has 1 aromatic rings. The molecule has 1 aromatic carbocycles. The first kappa shape index (κ1) is 11.5. The largest absolute Gasteiger partial charge is 0.388 e. The van der Waals surface area contributed by atoms with Crippen molar-refractivity contribution in [2.24, 2.45) is 0 Å². The number of hydrogen-bond donors (Lipinski definition) is 2. The fraction of sp³-hybridized carbons (Fsp3) is 0.500. The van der Waals surface area contributed by atoms with Crippen LogP contribution >= 0.6 is 0 Å². The molecule has 1 heterocycles. The van der Waals surface area contributed by atoms with Gasteiger partial charge in [0.15, 0.2) is 6.29 Å². The van der Waals surface area contributed by atoms with E-state index in [1.54, 1.807) is 0 Å². The average molecular weight is 224 g/mol. The highest BCUT2D eigenvalue weighted by molar-refractivity contribution is 5.13. The predicted octanol–water partition coefficient (Wildman–Crippen LogP) is 0.671. The zero-order valence-corrected chi connectivity index (χ0v) is 8.95. The van der Waals surface area contributed by atoms with Gasteiger partial charge < -0.3 is 19.7 Å². The molecular formula is C12H16O4. The summed E-state index contributed by atoms with van der Waals surface area (Å²) in [6, 6.07) is 9.74. The van der Waals surface area contributed by atoms with Crippen LogP contribution in [-0.2, 0) is 16.1 Å². The lowest BCUT2D eigenvalue weighted by Crippen LogP contribution is -2.42. The van der Waals surface area contributed by atoms with Crippen LogP contribution in [0.5, 0.6) is 0 Å². The van der Waals surface area contributed by atoms with Gasteiger partial charge in [0.2, 0.25) is 0 Å². The van der Waals surface area contributed by atoms with Crippen LogP contribution < -0.4 is 0 Å². The maximum absolute atomic E-state index is 9.60. The van der Waals surface area contributed by atoms with Crippen molar-refractivity contribution in [1.82, 2.24) is 0 Å². The molecule has 4 heteroatoms. The third kappa shape index (κ3) is 3.02. The lowest BCUT2D eigenvalue weighted by Gasteiger charge is -2.30. The van der Waals surface area contributed by atoms with Crippen molar-refractivity contribution in [3.8, 4) is 0 Å². The van der Waals surface area contributed by atoms with Crippen LogP contribution in [0.15, 0.2) is 30.3 Å². The van der Waals surface area contributed by atoms with Gasteiger partial charge in [-0.3, -0.25) is 0 Å². The Morgan fingerprint density at radius 3 is 2.75 bits per heavy atom. The fourth-order valence-corrected chi connectivity index (χ4v) is 1.70. The summed E-state index contributed by atoms with van der Waals surface area (Å²) in [6.45, 7) is 0.565. The third-order valence-electron chi connectivity index (χ3n) is 2.63. The molecule has 3 atom stereocenters. The summed E-state index contributed by atoms with van der Waals surface area (Å²) in [5.41, 5.74) is 1.05. The molecule has 4 nitrogen and oxygen atoms in total. The molecule has 0 unspecified atom stereocenters. The number of hydrogen-bond acceptors (Lipinski definition) is 4. The number of aliphatic hydroxyl groups excluding tert-OH is 2. The van der Waals surface area contributed by atoms with E-state index in [0.29, 0.717) is 13.0 Å². The molecular weight excluding hydrogens is 208 g/mol. The first-order valence-corrected chi connectivity index (χ1v) is 5.39. The minimum absolute atomic E-state index is 0.126. The summed E-state index contributed by atoms with van der Waals surface area (Å²) in [4.78, 5) is 0.